The van der Waals surface area contributed by atoms with Crippen molar-refractivity contribution in [2.24, 2.45) is 5.92 Å². The van der Waals surface area contributed by atoms with Crippen molar-refractivity contribution in [2.75, 3.05) is 32.1 Å². The molecule has 1 amide bonds. The molecular formula is C23H29N7O4. The van der Waals surface area contributed by atoms with E-state index < -0.39 is 5.60 Å². The standard InChI is InChI=1S/C23H29N7O4/c1-14-7-26-20(10-25-14)27-19-6-16(28-29-19)21-17(32-5)8-24-9-18(21)33-13-15-11-30(12-15)22(31)34-23(2,3)4/h6-10,15H,11-13H2,1-5H3,(H2,26,27,28,29). The molecule has 3 aromatic rings. The number of aromatic nitrogens is 5. The minimum atomic E-state index is -0.510. The Morgan fingerprint density at radius 2 is 1.91 bits per heavy atom. The highest BCUT2D eigenvalue weighted by molar-refractivity contribution is 5.75. The second-order valence-electron chi connectivity index (χ2n) is 9.11. The van der Waals surface area contributed by atoms with Gasteiger partial charge >= 0.3 is 6.09 Å². The minimum Gasteiger partial charge on any atom is -0.494 e. The molecule has 34 heavy (non-hydrogen) atoms. The van der Waals surface area contributed by atoms with E-state index in [0.717, 1.165) is 5.69 Å². The lowest BCUT2D eigenvalue weighted by Crippen LogP contribution is -2.53. The number of likely N-dealkylation sites (tertiary alicyclic amines) is 1. The summed E-state index contributed by atoms with van der Waals surface area (Å²) in [6.45, 7) is 9.03. The summed E-state index contributed by atoms with van der Waals surface area (Å²) in [5.41, 5.74) is 1.72. The number of carbonyl (C=O) groups excluding carboxylic acids is 1. The molecule has 4 rings (SSSR count). The summed E-state index contributed by atoms with van der Waals surface area (Å²) in [4.78, 5) is 26.6. The number of anilines is 2. The summed E-state index contributed by atoms with van der Waals surface area (Å²) < 4.78 is 17.0. The molecule has 1 fully saturated rings. The van der Waals surface area contributed by atoms with Gasteiger partial charge in [-0.3, -0.25) is 15.1 Å². The van der Waals surface area contributed by atoms with Crippen molar-refractivity contribution in [1.29, 1.82) is 0 Å². The second-order valence-corrected chi connectivity index (χ2v) is 9.11. The number of ether oxygens (including phenoxy) is 3. The molecule has 1 saturated heterocycles. The second kappa shape index (κ2) is 9.54. The van der Waals surface area contributed by atoms with Crippen LogP contribution in [-0.2, 0) is 4.74 Å². The third-order valence-corrected chi connectivity index (χ3v) is 5.06. The normalized spacial score (nSPS) is 13.9. The summed E-state index contributed by atoms with van der Waals surface area (Å²) >= 11 is 0. The van der Waals surface area contributed by atoms with Crippen LogP contribution >= 0.6 is 0 Å². The van der Waals surface area contributed by atoms with E-state index in [-0.39, 0.29) is 12.0 Å². The first kappa shape index (κ1) is 23.3. The molecule has 4 heterocycles. The van der Waals surface area contributed by atoms with Gasteiger partial charge in [-0.25, -0.2) is 9.78 Å². The number of methoxy groups -OCH3 is 1. The van der Waals surface area contributed by atoms with Crippen LogP contribution in [0.1, 0.15) is 26.5 Å². The van der Waals surface area contributed by atoms with Crippen molar-refractivity contribution in [3.63, 3.8) is 0 Å². The predicted octanol–water partition coefficient (Wildman–Crippen LogP) is 3.57. The third-order valence-electron chi connectivity index (χ3n) is 5.06. The number of aromatic amines is 1. The summed E-state index contributed by atoms with van der Waals surface area (Å²) in [5.74, 6) is 2.46. The highest BCUT2D eigenvalue weighted by Gasteiger charge is 2.34. The van der Waals surface area contributed by atoms with Gasteiger partial charge in [0.1, 0.15) is 17.2 Å². The van der Waals surface area contributed by atoms with E-state index >= 15 is 0 Å². The topological polar surface area (TPSA) is 127 Å². The van der Waals surface area contributed by atoms with Gasteiger partial charge in [0, 0.05) is 25.1 Å². The van der Waals surface area contributed by atoms with Crippen LogP contribution in [0.5, 0.6) is 11.5 Å². The quantitative estimate of drug-likeness (QED) is 0.536. The zero-order valence-electron chi connectivity index (χ0n) is 20.0. The van der Waals surface area contributed by atoms with Crippen molar-refractivity contribution in [3.05, 3.63) is 36.5 Å². The monoisotopic (exact) mass is 467 g/mol. The highest BCUT2D eigenvalue weighted by atomic mass is 16.6. The Labute approximate surface area is 197 Å². The maximum Gasteiger partial charge on any atom is 0.410 e. The highest BCUT2D eigenvalue weighted by Crippen LogP contribution is 2.38. The molecule has 0 atom stereocenters. The zero-order chi connectivity index (χ0) is 24.3. The van der Waals surface area contributed by atoms with Crippen molar-refractivity contribution < 1.29 is 19.0 Å². The maximum absolute atomic E-state index is 12.1. The van der Waals surface area contributed by atoms with Crippen LogP contribution in [0.4, 0.5) is 16.4 Å². The van der Waals surface area contributed by atoms with Gasteiger partial charge in [-0.1, -0.05) is 0 Å². The number of nitrogens with one attached hydrogen (secondary N) is 2. The molecule has 1 aliphatic rings. The number of nitrogens with zero attached hydrogens (tertiary/aromatic N) is 5. The zero-order valence-corrected chi connectivity index (χ0v) is 20.0. The Morgan fingerprint density at radius 3 is 2.59 bits per heavy atom. The Kier molecular flexibility index (Phi) is 6.53. The minimum absolute atomic E-state index is 0.200. The van der Waals surface area contributed by atoms with Crippen molar-refractivity contribution >= 4 is 17.7 Å². The lowest BCUT2D eigenvalue weighted by molar-refractivity contribution is -0.00781. The molecule has 11 heteroatoms. The molecule has 0 radical (unpaired) electrons. The van der Waals surface area contributed by atoms with Gasteiger partial charge in [-0.2, -0.15) is 5.10 Å². The number of hydrogen-bond acceptors (Lipinski definition) is 9. The first-order valence-electron chi connectivity index (χ1n) is 11.0. The summed E-state index contributed by atoms with van der Waals surface area (Å²) in [6.07, 6.45) is 6.28. The summed E-state index contributed by atoms with van der Waals surface area (Å²) in [6, 6.07) is 1.83. The molecule has 0 aromatic carbocycles. The van der Waals surface area contributed by atoms with Crippen LogP contribution in [0, 0.1) is 12.8 Å². The molecule has 2 N–H and O–H groups in total. The lowest BCUT2D eigenvalue weighted by atomic mass is 10.0. The van der Waals surface area contributed by atoms with Crippen molar-refractivity contribution in [3.8, 4) is 22.8 Å². The molecule has 0 aliphatic carbocycles. The van der Waals surface area contributed by atoms with Gasteiger partial charge in [0.05, 0.1) is 55.5 Å². The molecule has 1 aliphatic heterocycles. The number of amides is 1. The Balaban J connectivity index is 1.42. The molecule has 180 valence electrons. The predicted molar refractivity (Wildman–Crippen MR) is 125 cm³/mol. The fourth-order valence-electron chi connectivity index (χ4n) is 3.41. The Bertz CT molecular complexity index is 1130. The SMILES string of the molecule is COc1cncc(OCC2CN(C(=O)OC(C)(C)C)C2)c1-c1cc(Nc2cnc(C)cn2)n[nH]1. The average Bonchev–Trinajstić information content (AvgIpc) is 3.20. The van der Waals surface area contributed by atoms with E-state index in [9.17, 15) is 4.79 Å². The summed E-state index contributed by atoms with van der Waals surface area (Å²) in [7, 11) is 1.58. The van der Waals surface area contributed by atoms with Gasteiger partial charge in [-0.15, -0.1) is 0 Å². The molecule has 0 unspecified atom stereocenters. The van der Waals surface area contributed by atoms with E-state index in [4.69, 9.17) is 14.2 Å². The smallest absolute Gasteiger partial charge is 0.410 e. The van der Waals surface area contributed by atoms with Crippen LogP contribution in [-0.4, -0.2) is 68.5 Å². The molecule has 11 nitrogen and oxygen atoms in total. The van der Waals surface area contributed by atoms with E-state index in [1.54, 1.807) is 36.8 Å². The number of H-pyrrole nitrogens is 1. The fourth-order valence-corrected chi connectivity index (χ4v) is 3.41. The van der Waals surface area contributed by atoms with E-state index in [1.165, 1.54) is 0 Å². The first-order chi connectivity index (χ1) is 16.2. The molecule has 0 saturated carbocycles. The Hall–Kier alpha value is -3.89. The third kappa shape index (κ3) is 5.53. The number of rotatable bonds is 7. The Morgan fingerprint density at radius 1 is 1.15 bits per heavy atom. The molecule has 0 bridgehead atoms. The first-order valence-corrected chi connectivity index (χ1v) is 11.0. The molecule has 3 aromatic heterocycles. The number of pyridine rings is 1. The largest absolute Gasteiger partial charge is 0.494 e. The molecule has 0 spiro atoms. The van der Waals surface area contributed by atoms with E-state index in [0.29, 0.717) is 54.1 Å². The van der Waals surface area contributed by atoms with Gasteiger partial charge in [0.25, 0.3) is 0 Å². The fraction of sp³-hybridized carbons (Fsp3) is 0.435. The molecular weight excluding hydrogens is 438 g/mol. The lowest BCUT2D eigenvalue weighted by Gasteiger charge is -2.39. The van der Waals surface area contributed by atoms with Crippen molar-refractivity contribution in [2.45, 2.75) is 33.3 Å². The van der Waals surface area contributed by atoms with Gasteiger partial charge in [0.2, 0.25) is 0 Å². The van der Waals surface area contributed by atoms with Crippen LogP contribution in [0.3, 0.4) is 0 Å². The van der Waals surface area contributed by atoms with Gasteiger partial charge < -0.3 is 24.4 Å². The van der Waals surface area contributed by atoms with Crippen LogP contribution < -0.4 is 14.8 Å². The van der Waals surface area contributed by atoms with Crippen LogP contribution in [0.2, 0.25) is 0 Å². The van der Waals surface area contributed by atoms with Crippen molar-refractivity contribution in [1.82, 2.24) is 30.0 Å². The average molecular weight is 468 g/mol. The van der Waals surface area contributed by atoms with Gasteiger partial charge in [-0.05, 0) is 27.7 Å². The van der Waals surface area contributed by atoms with Gasteiger partial charge in [0.15, 0.2) is 11.6 Å². The number of carbonyl (C=O) groups is 1. The maximum atomic E-state index is 12.1. The van der Waals surface area contributed by atoms with E-state index in [1.807, 2.05) is 33.8 Å². The van der Waals surface area contributed by atoms with Crippen LogP contribution in [0.15, 0.2) is 30.9 Å². The van der Waals surface area contributed by atoms with E-state index in [2.05, 4.69) is 30.5 Å². The van der Waals surface area contributed by atoms with Crippen LogP contribution in [0.25, 0.3) is 11.3 Å². The number of hydrogen-bond donors (Lipinski definition) is 2. The number of aryl methyl sites for hydroxylation is 1. The summed E-state index contributed by atoms with van der Waals surface area (Å²) in [5, 5.41) is 10.4.